The Labute approximate surface area is 167 Å². The van der Waals surface area contributed by atoms with Crippen molar-refractivity contribution in [1.29, 1.82) is 0 Å². The van der Waals surface area contributed by atoms with Gasteiger partial charge in [-0.1, -0.05) is 48.5 Å². The number of nitrogens with zero attached hydrogens (tertiary/aromatic N) is 2. The number of aryl methyl sites for hydroxylation is 1. The molecule has 0 amide bonds. The number of aromatic nitrogens is 1. The maximum atomic E-state index is 11.0. The Balaban J connectivity index is 1.80. The second-order valence-corrected chi connectivity index (χ2v) is 6.82. The van der Waals surface area contributed by atoms with E-state index >= 15 is 0 Å². The van der Waals surface area contributed by atoms with E-state index < -0.39 is 4.92 Å². The fraction of sp³-hybridized carbons (Fsp3) is 0.0870. The van der Waals surface area contributed by atoms with Gasteiger partial charge in [0.25, 0.3) is 5.69 Å². The molecule has 6 heteroatoms. The number of hydrogen-bond acceptors (Lipinski definition) is 5. The topological polar surface area (TPSA) is 88.3 Å². The molecular formula is C23H19N3O3. The van der Waals surface area contributed by atoms with Crippen LogP contribution in [0.3, 0.4) is 0 Å². The third-order valence-corrected chi connectivity index (χ3v) is 4.84. The van der Waals surface area contributed by atoms with E-state index in [4.69, 9.17) is 0 Å². The van der Waals surface area contributed by atoms with Crippen LogP contribution in [0.25, 0.3) is 10.9 Å². The summed E-state index contributed by atoms with van der Waals surface area (Å²) in [7, 11) is 0. The number of nitro benzene ring substituents is 1. The second-order valence-electron chi connectivity index (χ2n) is 6.82. The molecule has 0 aliphatic heterocycles. The highest BCUT2D eigenvalue weighted by Crippen LogP contribution is 2.36. The highest BCUT2D eigenvalue weighted by Gasteiger charge is 2.20. The number of phenols is 1. The number of phenolic OH excluding ortho intramolecular Hbond substituents is 1. The molecule has 0 aliphatic rings. The first-order valence-electron chi connectivity index (χ1n) is 9.18. The zero-order valence-electron chi connectivity index (χ0n) is 15.7. The van der Waals surface area contributed by atoms with Crippen LogP contribution in [0.15, 0.2) is 78.9 Å². The van der Waals surface area contributed by atoms with Crippen molar-refractivity contribution in [3.05, 3.63) is 106 Å². The van der Waals surface area contributed by atoms with E-state index in [9.17, 15) is 15.2 Å². The molecule has 1 heterocycles. The molecule has 0 radical (unpaired) electrons. The summed E-state index contributed by atoms with van der Waals surface area (Å²) in [6.07, 6.45) is 0. The molecule has 0 saturated heterocycles. The number of nitrogens with one attached hydrogen (secondary N) is 1. The fourth-order valence-corrected chi connectivity index (χ4v) is 3.35. The Morgan fingerprint density at radius 3 is 2.34 bits per heavy atom. The number of hydrogen-bond donors (Lipinski definition) is 2. The van der Waals surface area contributed by atoms with Gasteiger partial charge in [-0.25, -0.2) is 4.98 Å². The van der Waals surface area contributed by atoms with Crippen molar-refractivity contribution in [2.45, 2.75) is 13.0 Å². The van der Waals surface area contributed by atoms with E-state index in [2.05, 4.69) is 10.3 Å². The summed E-state index contributed by atoms with van der Waals surface area (Å²) in [6.45, 7) is 1.88. The van der Waals surface area contributed by atoms with Crippen LogP contribution >= 0.6 is 0 Å². The van der Waals surface area contributed by atoms with Crippen LogP contribution in [0.5, 0.6) is 5.75 Å². The van der Waals surface area contributed by atoms with Crippen molar-refractivity contribution in [2.75, 3.05) is 5.32 Å². The Bertz CT molecular complexity index is 1180. The third-order valence-electron chi connectivity index (χ3n) is 4.84. The predicted octanol–water partition coefficient (Wildman–Crippen LogP) is 5.36. The molecule has 0 saturated carbocycles. The van der Waals surface area contributed by atoms with Crippen LogP contribution in [0.1, 0.15) is 22.9 Å². The van der Waals surface area contributed by atoms with Crippen LogP contribution in [0, 0.1) is 17.0 Å². The number of fused-ring (bicyclic) bond motifs is 1. The molecule has 1 aromatic heterocycles. The third kappa shape index (κ3) is 3.73. The maximum absolute atomic E-state index is 11.0. The summed E-state index contributed by atoms with van der Waals surface area (Å²) < 4.78 is 0. The summed E-state index contributed by atoms with van der Waals surface area (Å²) in [6, 6.07) is 23.3. The van der Waals surface area contributed by atoms with Gasteiger partial charge in [0.15, 0.2) is 0 Å². The van der Waals surface area contributed by atoms with E-state index in [0.717, 1.165) is 16.6 Å². The van der Waals surface area contributed by atoms with Gasteiger partial charge < -0.3 is 10.4 Å². The molecule has 6 nitrogen and oxygen atoms in total. The van der Waals surface area contributed by atoms with Gasteiger partial charge >= 0.3 is 0 Å². The zero-order chi connectivity index (χ0) is 20.4. The van der Waals surface area contributed by atoms with Gasteiger partial charge in [-0.05, 0) is 30.7 Å². The molecule has 0 fully saturated rings. The highest BCUT2D eigenvalue weighted by atomic mass is 16.6. The van der Waals surface area contributed by atoms with Crippen LogP contribution in [-0.2, 0) is 0 Å². The van der Waals surface area contributed by atoms with E-state index in [0.29, 0.717) is 16.8 Å². The van der Waals surface area contributed by atoms with Crippen molar-refractivity contribution >= 4 is 22.3 Å². The number of benzene rings is 3. The van der Waals surface area contributed by atoms with Crippen LogP contribution in [-0.4, -0.2) is 15.0 Å². The molecule has 1 unspecified atom stereocenters. The quantitative estimate of drug-likeness (QED) is 0.357. The number of aromatic hydroxyl groups is 1. The minimum absolute atomic E-state index is 0.0278. The van der Waals surface area contributed by atoms with Gasteiger partial charge in [-0.3, -0.25) is 10.1 Å². The average Bonchev–Trinajstić information content (AvgIpc) is 2.74. The predicted molar refractivity (Wildman–Crippen MR) is 113 cm³/mol. The average molecular weight is 385 g/mol. The molecule has 3 aromatic carbocycles. The molecule has 144 valence electrons. The summed E-state index contributed by atoms with van der Waals surface area (Å²) in [5.41, 5.74) is 3.74. The normalized spacial score (nSPS) is 11.9. The van der Waals surface area contributed by atoms with Crippen molar-refractivity contribution < 1.29 is 10.0 Å². The monoisotopic (exact) mass is 385 g/mol. The first-order chi connectivity index (χ1) is 14.0. The largest absolute Gasteiger partial charge is 0.505 e. The van der Waals surface area contributed by atoms with Gasteiger partial charge in [0.2, 0.25) is 0 Å². The van der Waals surface area contributed by atoms with Crippen LogP contribution < -0.4 is 5.32 Å². The lowest BCUT2D eigenvalue weighted by Crippen LogP contribution is -2.13. The standard InChI is InChI=1S/C23H19N3O3/c1-15-7-8-17-9-14-20(23(27)22(17)24-15)21(16-5-3-2-4-6-16)25-18-10-12-19(13-11-18)26(28)29/h2-14,21,25,27H,1H3. The number of non-ortho nitro benzene ring substituents is 1. The maximum Gasteiger partial charge on any atom is 0.269 e. The minimum atomic E-state index is -0.429. The molecule has 2 N–H and O–H groups in total. The molecule has 0 spiro atoms. The molecule has 1 atom stereocenters. The molecular weight excluding hydrogens is 366 g/mol. The molecule has 4 aromatic rings. The molecule has 4 rings (SSSR count). The minimum Gasteiger partial charge on any atom is -0.505 e. The van der Waals surface area contributed by atoms with E-state index in [1.165, 1.54) is 12.1 Å². The smallest absolute Gasteiger partial charge is 0.269 e. The number of anilines is 1. The van der Waals surface area contributed by atoms with Crippen molar-refractivity contribution in [3.63, 3.8) is 0 Å². The summed E-state index contributed by atoms with van der Waals surface area (Å²) >= 11 is 0. The first kappa shape index (κ1) is 18.4. The number of nitro groups is 1. The van der Waals surface area contributed by atoms with Crippen molar-refractivity contribution in [2.24, 2.45) is 0 Å². The molecule has 29 heavy (non-hydrogen) atoms. The van der Waals surface area contributed by atoms with Gasteiger partial charge in [0, 0.05) is 34.5 Å². The summed E-state index contributed by atoms with van der Waals surface area (Å²) in [5.74, 6) is 0.120. The second kappa shape index (κ2) is 7.59. The number of pyridine rings is 1. The first-order valence-corrected chi connectivity index (χ1v) is 9.18. The van der Waals surface area contributed by atoms with Gasteiger partial charge in [0.05, 0.1) is 11.0 Å². The summed E-state index contributed by atoms with van der Waals surface area (Å²) in [5, 5.41) is 26.2. The SMILES string of the molecule is Cc1ccc2ccc(C(Nc3ccc([N+](=O)[O-])cc3)c3ccccc3)c(O)c2n1. The lowest BCUT2D eigenvalue weighted by atomic mass is 9.96. The van der Waals surface area contributed by atoms with Crippen molar-refractivity contribution in [3.8, 4) is 5.75 Å². The summed E-state index contributed by atoms with van der Waals surface area (Å²) in [4.78, 5) is 15.0. The van der Waals surface area contributed by atoms with Gasteiger partial charge in [-0.15, -0.1) is 0 Å². The Kier molecular flexibility index (Phi) is 4.83. The lowest BCUT2D eigenvalue weighted by molar-refractivity contribution is -0.384. The fourth-order valence-electron chi connectivity index (χ4n) is 3.35. The molecule has 0 aliphatic carbocycles. The number of rotatable bonds is 5. The Hall–Kier alpha value is -3.93. The Morgan fingerprint density at radius 2 is 1.66 bits per heavy atom. The Morgan fingerprint density at radius 1 is 0.966 bits per heavy atom. The van der Waals surface area contributed by atoms with Gasteiger partial charge in [-0.2, -0.15) is 0 Å². The van der Waals surface area contributed by atoms with Gasteiger partial charge in [0.1, 0.15) is 11.3 Å². The highest BCUT2D eigenvalue weighted by molar-refractivity contribution is 5.86. The lowest BCUT2D eigenvalue weighted by Gasteiger charge is -2.22. The van der Waals surface area contributed by atoms with Crippen LogP contribution in [0.4, 0.5) is 11.4 Å². The van der Waals surface area contributed by atoms with Crippen molar-refractivity contribution in [1.82, 2.24) is 4.98 Å². The zero-order valence-corrected chi connectivity index (χ0v) is 15.7. The van der Waals surface area contributed by atoms with E-state index in [1.807, 2.05) is 61.5 Å². The molecule has 0 bridgehead atoms. The van der Waals surface area contributed by atoms with E-state index in [-0.39, 0.29) is 17.5 Å². The van der Waals surface area contributed by atoms with Crippen LogP contribution in [0.2, 0.25) is 0 Å². The van der Waals surface area contributed by atoms with E-state index in [1.54, 1.807) is 12.1 Å².